The number of benzene rings is 2. The van der Waals surface area contributed by atoms with Crippen molar-refractivity contribution in [2.24, 2.45) is 5.92 Å². The van der Waals surface area contributed by atoms with Crippen LogP contribution in [0.25, 0.3) is 10.9 Å². The van der Waals surface area contributed by atoms with Crippen molar-refractivity contribution in [1.82, 2.24) is 19.9 Å². The third kappa shape index (κ3) is 5.60. The first-order chi connectivity index (χ1) is 17.6. The van der Waals surface area contributed by atoms with E-state index >= 15 is 0 Å². The molecule has 1 atom stereocenters. The Balaban J connectivity index is 1.32. The molecule has 3 heterocycles. The van der Waals surface area contributed by atoms with Crippen LogP contribution in [0.2, 0.25) is 5.02 Å². The van der Waals surface area contributed by atoms with E-state index in [9.17, 15) is 9.90 Å². The fourth-order valence-corrected chi connectivity index (χ4v) is 4.95. The van der Waals surface area contributed by atoms with Crippen molar-refractivity contribution in [3.05, 3.63) is 64.3 Å². The summed E-state index contributed by atoms with van der Waals surface area (Å²) in [5, 5.41) is 15.8. The molecule has 4 aromatic rings. The first kappa shape index (κ1) is 24.1. The molecule has 11 heteroatoms. The van der Waals surface area contributed by atoms with E-state index < -0.39 is 6.09 Å². The summed E-state index contributed by atoms with van der Waals surface area (Å²) in [7, 11) is 0. The minimum absolute atomic E-state index is 0.127. The van der Waals surface area contributed by atoms with E-state index in [-0.39, 0.29) is 5.92 Å². The summed E-state index contributed by atoms with van der Waals surface area (Å²) in [6.45, 7) is 1.79. The lowest BCUT2D eigenvalue weighted by Gasteiger charge is -2.30. The second-order valence-corrected chi connectivity index (χ2v) is 9.58. The van der Waals surface area contributed by atoms with Gasteiger partial charge in [0.1, 0.15) is 30.3 Å². The summed E-state index contributed by atoms with van der Waals surface area (Å²) < 4.78 is 12.0. The largest absolute Gasteiger partial charge is 0.492 e. The van der Waals surface area contributed by atoms with Crippen LogP contribution in [0.4, 0.5) is 16.3 Å². The van der Waals surface area contributed by atoms with E-state index in [1.807, 2.05) is 29.6 Å². The molecule has 1 amide bonds. The maximum atomic E-state index is 11.3. The molecule has 2 aromatic heterocycles. The number of hydrogen-bond acceptors (Lipinski definition) is 8. The van der Waals surface area contributed by atoms with Gasteiger partial charge in [-0.25, -0.2) is 19.7 Å². The maximum absolute atomic E-state index is 11.3. The van der Waals surface area contributed by atoms with E-state index in [0.29, 0.717) is 48.6 Å². The number of halogens is 1. The standard InChI is InChI=1S/C25H24ClN5O4S/c26-19-9-17(6-7-21(19)35-12-18-13-36-15-29-18)30-24-23-20(27-14-28-24)4-1-5-22(23)34-11-16-3-2-8-31(10-16)25(32)33/h1,4-7,9,13-16H,2-3,8,10-12H2,(H,32,33)(H,27,28,30)/t16-/m1/s1. The third-order valence-electron chi connectivity index (χ3n) is 5.94. The number of thiazole rings is 1. The van der Waals surface area contributed by atoms with Gasteiger partial charge in [-0.1, -0.05) is 17.7 Å². The average Bonchev–Trinajstić information content (AvgIpc) is 3.41. The van der Waals surface area contributed by atoms with Gasteiger partial charge in [0.15, 0.2) is 0 Å². The molecule has 0 bridgehead atoms. The number of anilines is 2. The van der Waals surface area contributed by atoms with Gasteiger partial charge in [0.05, 0.1) is 33.7 Å². The zero-order valence-corrected chi connectivity index (χ0v) is 20.8. The normalized spacial score (nSPS) is 15.6. The lowest BCUT2D eigenvalue weighted by Crippen LogP contribution is -2.40. The molecule has 0 saturated carbocycles. The molecule has 36 heavy (non-hydrogen) atoms. The van der Waals surface area contributed by atoms with E-state index in [4.69, 9.17) is 21.1 Å². The second-order valence-electron chi connectivity index (χ2n) is 8.46. The number of nitrogens with one attached hydrogen (secondary N) is 1. The molecule has 0 aliphatic carbocycles. The van der Waals surface area contributed by atoms with Gasteiger partial charge in [-0.15, -0.1) is 11.3 Å². The van der Waals surface area contributed by atoms with Crippen molar-refractivity contribution in [2.75, 3.05) is 25.0 Å². The average molecular weight is 526 g/mol. The molecule has 0 radical (unpaired) electrons. The van der Waals surface area contributed by atoms with Crippen molar-refractivity contribution >= 4 is 51.4 Å². The monoisotopic (exact) mass is 525 g/mol. The molecule has 0 spiro atoms. The van der Waals surface area contributed by atoms with Crippen LogP contribution in [0.5, 0.6) is 11.5 Å². The van der Waals surface area contributed by atoms with E-state index in [0.717, 1.165) is 35.1 Å². The lowest BCUT2D eigenvalue weighted by atomic mass is 9.99. The van der Waals surface area contributed by atoms with Crippen LogP contribution in [-0.2, 0) is 6.61 Å². The van der Waals surface area contributed by atoms with Gasteiger partial charge < -0.3 is 24.8 Å². The predicted octanol–water partition coefficient (Wildman–Crippen LogP) is 5.83. The highest BCUT2D eigenvalue weighted by molar-refractivity contribution is 7.07. The number of carbonyl (C=O) groups is 1. The summed E-state index contributed by atoms with van der Waals surface area (Å²) in [6, 6.07) is 11.1. The number of carboxylic acid groups (broad SMARTS) is 1. The fourth-order valence-electron chi connectivity index (χ4n) is 4.17. The Bertz CT molecular complexity index is 1350. The summed E-state index contributed by atoms with van der Waals surface area (Å²) in [5.74, 6) is 1.91. The molecule has 5 rings (SSSR count). The number of aromatic nitrogens is 3. The summed E-state index contributed by atoms with van der Waals surface area (Å²) >= 11 is 7.98. The zero-order chi connectivity index (χ0) is 24.9. The molecule has 2 N–H and O–H groups in total. The summed E-state index contributed by atoms with van der Waals surface area (Å²) in [6.07, 6.45) is 2.36. The molecule has 0 unspecified atom stereocenters. The number of nitrogens with zero attached hydrogens (tertiary/aromatic N) is 4. The van der Waals surface area contributed by atoms with E-state index in [2.05, 4.69) is 20.3 Å². The molecular weight excluding hydrogens is 502 g/mol. The molecule has 1 saturated heterocycles. The summed E-state index contributed by atoms with van der Waals surface area (Å²) in [4.78, 5) is 25.8. The number of amides is 1. The van der Waals surface area contributed by atoms with E-state index in [1.165, 1.54) is 22.6 Å². The van der Waals surface area contributed by atoms with Crippen LogP contribution in [0, 0.1) is 5.92 Å². The third-order valence-corrected chi connectivity index (χ3v) is 6.87. The number of hydrogen-bond donors (Lipinski definition) is 2. The molecule has 1 fully saturated rings. The SMILES string of the molecule is O=C(O)N1CCC[C@@H](COc2cccc3ncnc(Nc4ccc(OCc5cscn5)c(Cl)c4)c23)C1. The highest BCUT2D eigenvalue weighted by Gasteiger charge is 2.24. The van der Waals surface area contributed by atoms with Crippen LogP contribution in [0.3, 0.4) is 0 Å². The van der Waals surface area contributed by atoms with Gasteiger partial charge in [-0.05, 0) is 43.2 Å². The van der Waals surface area contributed by atoms with Crippen LogP contribution < -0.4 is 14.8 Å². The summed E-state index contributed by atoms with van der Waals surface area (Å²) in [5.41, 5.74) is 4.08. The van der Waals surface area contributed by atoms with Crippen molar-refractivity contribution in [3.8, 4) is 11.5 Å². The van der Waals surface area contributed by atoms with Crippen molar-refractivity contribution < 1.29 is 19.4 Å². The van der Waals surface area contributed by atoms with Gasteiger partial charge >= 0.3 is 6.09 Å². The van der Waals surface area contributed by atoms with Crippen LogP contribution >= 0.6 is 22.9 Å². The Hall–Kier alpha value is -3.63. The van der Waals surface area contributed by atoms with Gasteiger partial charge in [0.25, 0.3) is 0 Å². The van der Waals surface area contributed by atoms with Crippen LogP contribution in [0.15, 0.2) is 53.6 Å². The first-order valence-corrected chi connectivity index (χ1v) is 12.8. The van der Waals surface area contributed by atoms with Crippen molar-refractivity contribution in [2.45, 2.75) is 19.4 Å². The minimum Gasteiger partial charge on any atom is -0.492 e. The van der Waals surface area contributed by atoms with Gasteiger partial charge in [0, 0.05) is 30.1 Å². The lowest BCUT2D eigenvalue weighted by molar-refractivity contribution is 0.105. The molecule has 2 aromatic carbocycles. The van der Waals surface area contributed by atoms with Gasteiger partial charge in [-0.3, -0.25) is 0 Å². The Kier molecular flexibility index (Phi) is 7.33. The molecular formula is C25H24ClN5O4S. The molecule has 9 nitrogen and oxygen atoms in total. The van der Waals surface area contributed by atoms with Crippen LogP contribution in [-0.4, -0.2) is 50.7 Å². The minimum atomic E-state index is -0.886. The highest BCUT2D eigenvalue weighted by atomic mass is 35.5. The second kappa shape index (κ2) is 11.0. The topological polar surface area (TPSA) is 110 Å². The first-order valence-electron chi connectivity index (χ1n) is 11.5. The Morgan fingerprint density at radius 2 is 2.11 bits per heavy atom. The molecule has 186 valence electrons. The Labute approximate surface area is 216 Å². The zero-order valence-electron chi connectivity index (χ0n) is 19.3. The van der Waals surface area contributed by atoms with E-state index in [1.54, 1.807) is 17.6 Å². The number of piperidine rings is 1. The highest BCUT2D eigenvalue weighted by Crippen LogP contribution is 2.34. The number of fused-ring (bicyclic) bond motifs is 1. The number of ether oxygens (including phenoxy) is 2. The molecule has 1 aliphatic rings. The van der Waals surface area contributed by atoms with Gasteiger partial charge in [0.2, 0.25) is 0 Å². The Morgan fingerprint density at radius 1 is 1.19 bits per heavy atom. The van der Waals surface area contributed by atoms with Crippen molar-refractivity contribution in [3.63, 3.8) is 0 Å². The fraction of sp³-hybridized carbons (Fsp3) is 0.280. The molecule has 1 aliphatic heterocycles. The smallest absolute Gasteiger partial charge is 0.407 e. The number of likely N-dealkylation sites (tertiary alicyclic amines) is 1. The maximum Gasteiger partial charge on any atom is 0.407 e. The van der Waals surface area contributed by atoms with Crippen LogP contribution in [0.1, 0.15) is 18.5 Å². The quantitative estimate of drug-likeness (QED) is 0.295. The number of rotatable bonds is 8. The van der Waals surface area contributed by atoms with Gasteiger partial charge in [-0.2, -0.15) is 0 Å². The Morgan fingerprint density at radius 3 is 2.92 bits per heavy atom. The predicted molar refractivity (Wildman–Crippen MR) is 139 cm³/mol. The van der Waals surface area contributed by atoms with Crippen molar-refractivity contribution in [1.29, 1.82) is 0 Å².